The van der Waals surface area contributed by atoms with Crippen molar-refractivity contribution in [3.8, 4) is 0 Å². The molecule has 1 fully saturated rings. The zero-order valence-corrected chi connectivity index (χ0v) is 10.8. The normalized spacial score (nSPS) is 16.1. The highest BCUT2D eigenvalue weighted by molar-refractivity contribution is 5.87. The summed E-state index contributed by atoms with van der Waals surface area (Å²) in [7, 11) is 2.05. The Morgan fingerprint density at radius 3 is 2.89 bits per heavy atom. The predicted octanol–water partition coefficient (Wildman–Crippen LogP) is 2.94. The van der Waals surface area contributed by atoms with Crippen LogP contribution in [0, 0.1) is 0 Å². The molecule has 1 heterocycles. The summed E-state index contributed by atoms with van der Waals surface area (Å²) < 4.78 is 2.16. The van der Waals surface area contributed by atoms with Gasteiger partial charge in [-0.3, -0.25) is 0 Å². The summed E-state index contributed by atoms with van der Waals surface area (Å²) in [5.41, 5.74) is 2.92. The molecule has 1 saturated carbocycles. The summed E-state index contributed by atoms with van der Waals surface area (Å²) in [5.74, 6) is 0.812. The molecule has 0 saturated heterocycles. The number of carboxylic acid groups (broad SMARTS) is 1. The number of aliphatic carboxylic acids is 1. The summed E-state index contributed by atoms with van der Waals surface area (Å²) in [5, 5.41) is 8.64. The van der Waals surface area contributed by atoms with E-state index in [1.54, 1.807) is 6.08 Å². The highest BCUT2D eigenvalue weighted by Crippen LogP contribution is 2.36. The summed E-state index contributed by atoms with van der Waals surface area (Å²) in [4.78, 5) is 15.2. The number of aromatic nitrogens is 2. The molecule has 98 valence electrons. The second-order valence-corrected chi connectivity index (χ2v) is 5.08. The predicted molar refractivity (Wildman–Crippen MR) is 74.0 cm³/mol. The number of hydrogen-bond donors (Lipinski definition) is 1. The third-order valence-electron chi connectivity index (χ3n) is 3.83. The van der Waals surface area contributed by atoms with E-state index in [1.807, 2.05) is 18.2 Å². The van der Waals surface area contributed by atoms with E-state index in [0.717, 1.165) is 28.5 Å². The van der Waals surface area contributed by atoms with Gasteiger partial charge in [0.05, 0.1) is 11.0 Å². The number of carboxylic acids is 1. The van der Waals surface area contributed by atoms with E-state index in [0.29, 0.717) is 5.92 Å². The summed E-state index contributed by atoms with van der Waals surface area (Å²) in [6.07, 6.45) is 6.49. The number of fused-ring (bicyclic) bond motifs is 1. The molecule has 1 aliphatic rings. The molecule has 19 heavy (non-hydrogen) atoms. The number of hydrogen-bond acceptors (Lipinski definition) is 2. The van der Waals surface area contributed by atoms with Crippen molar-refractivity contribution in [2.24, 2.45) is 7.05 Å². The van der Waals surface area contributed by atoms with Gasteiger partial charge < -0.3 is 9.67 Å². The molecule has 1 aliphatic carbocycles. The zero-order chi connectivity index (χ0) is 13.4. The Balaban J connectivity index is 2.01. The molecule has 0 amide bonds. The molecule has 0 radical (unpaired) electrons. The minimum absolute atomic E-state index is 0.593. The van der Waals surface area contributed by atoms with Gasteiger partial charge in [0.2, 0.25) is 0 Å². The lowest BCUT2D eigenvalue weighted by molar-refractivity contribution is -0.131. The van der Waals surface area contributed by atoms with Gasteiger partial charge >= 0.3 is 5.97 Å². The molecule has 4 heteroatoms. The monoisotopic (exact) mass is 256 g/mol. The second kappa shape index (κ2) is 4.53. The van der Waals surface area contributed by atoms with Crippen molar-refractivity contribution >= 4 is 23.1 Å². The maximum atomic E-state index is 10.5. The van der Waals surface area contributed by atoms with Crippen LogP contribution in [0.15, 0.2) is 24.3 Å². The molecule has 1 N–H and O–H groups in total. The molecule has 0 atom stereocenters. The van der Waals surface area contributed by atoms with Crippen LogP contribution in [0.1, 0.15) is 36.6 Å². The van der Waals surface area contributed by atoms with E-state index >= 15 is 0 Å². The van der Waals surface area contributed by atoms with Gasteiger partial charge in [0.1, 0.15) is 5.82 Å². The van der Waals surface area contributed by atoms with Crippen LogP contribution >= 0.6 is 0 Å². The van der Waals surface area contributed by atoms with Gasteiger partial charge in [0.25, 0.3) is 0 Å². The Morgan fingerprint density at radius 1 is 1.47 bits per heavy atom. The fourth-order valence-electron chi connectivity index (χ4n) is 2.54. The van der Waals surface area contributed by atoms with Gasteiger partial charge in [0.15, 0.2) is 0 Å². The third-order valence-corrected chi connectivity index (χ3v) is 3.83. The van der Waals surface area contributed by atoms with E-state index in [9.17, 15) is 4.79 Å². The van der Waals surface area contributed by atoms with Crippen LogP contribution in [0.3, 0.4) is 0 Å². The van der Waals surface area contributed by atoms with Crippen LogP contribution in [0.5, 0.6) is 0 Å². The van der Waals surface area contributed by atoms with Crippen molar-refractivity contribution < 1.29 is 9.90 Å². The summed E-state index contributed by atoms with van der Waals surface area (Å²) in [6, 6.07) is 5.87. The highest BCUT2D eigenvalue weighted by Gasteiger charge is 2.24. The average Bonchev–Trinajstić information content (AvgIpc) is 2.62. The smallest absolute Gasteiger partial charge is 0.328 e. The van der Waals surface area contributed by atoms with Crippen molar-refractivity contribution in [1.82, 2.24) is 9.55 Å². The molecular formula is C15H16N2O2. The lowest BCUT2D eigenvalue weighted by Crippen LogP contribution is -2.13. The maximum Gasteiger partial charge on any atom is 0.328 e. The van der Waals surface area contributed by atoms with Crippen molar-refractivity contribution in [1.29, 1.82) is 0 Å². The van der Waals surface area contributed by atoms with Crippen LogP contribution < -0.4 is 0 Å². The largest absolute Gasteiger partial charge is 0.478 e. The van der Waals surface area contributed by atoms with Crippen LogP contribution in [0.4, 0.5) is 0 Å². The molecule has 3 rings (SSSR count). The highest BCUT2D eigenvalue weighted by atomic mass is 16.4. The summed E-state index contributed by atoms with van der Waals surface area (Å²) in [6.45, 7) is 0. The van der Waals surface area contributed by atoms with E-state index in [1.165, 1.54) is 19.3 Å². The Labute approximate surface area is 111 Å². The number of aryl methyl sites for hydroxylation is 1. The first-order chi connectivity index (χ1) is 9.15. The third kappa shape index (κ3) is 2.14. The zero-order valence-electron chi connectivity index (χ0n) is 10.8. The van der Waals surface area contributed by atoms with Gasteiger partial charge in [-0.1, -0.05) is 12.5 Å². The topological polar surface area (TPSA) is 55.1 Å². The molecule has 2 aromatic rings. The number of carbonyl (C=O) groups is 1. The number of imidazole rings is 1. The fourth-order valence-corrected chi connectivity index (χ4v) is 2.54. The van der Waals surface area contributed by atoms with E-state index in [2.05, 4.69) is 11.6 Å². The minimum atomic E-state index is -0.934. The van der Waals surface area contributed by atoms with E-state index in [4.69, 9.17) is 10.1 Å². The molecule has 4 nitrogen and oxygen atoms in total. The first-order valence-corrected chi connectivity index (χ1v) is 6.52. The van der Waals surface area contributed by atoms with Gasteiger partial charge in [-0.15, -0.1) is 0 Å². The first-order valence-electron chi connectivity index (χ1n) is 6.52. The SMILES string of the molecule is Cn1c(C2CCC2)nc2cc(/C=C/C(=O)O)ccc21. The van der Waals surface area contributed by atoms with Crippen molar-refractivity contribution in [3.05, 3.63) is 35.7 Å². The Hall–Kier alpha value is -2.10. The Kier molecular flexibility index (Phi) is 2.85. The van der Waals surface area contributed by atoms with E-state index in [-0.39, 0.29) is 0 Å². The Morgan fingerprint density at radius 2 is 2.26 bits per heavy atom. The molecular weight excluding hydrogens is 240 g/mol. The van der Waals surface area contributed by atoms with Crippen LogP contribution in [0.2, 0.25) is 0 Å². The molecule has 0 spiro atoms. The van der Waals surface area contributed by atoms with Crippen LogP contribution in [-0.2, 0) is 11.8 Å². The quantitative estimate of drug-likeness (QED) is 0.859. The molecule has 0 unspecified atom stereocenters. The number of benzene rings is 1. The maximum absolute atomic E-state index is 10.5. The minimum Gasteiger partial charge on any atom is -0.478 e. The van der Waals surface area contributed by atoms with Gasteiger partial charge in [-0.05, 0) is 36.6 Å². The van der Waals surface area contributed by atoms with Crippen molar-refractivity contribution in [2.75, 3.05) is 0 Å². The van der Waals surface area contributed by atoms with Gasteiger partial charge in [0, 0.05) is 19.0 Å². The standard InChI is InChI=1S/C15H16N2O2/c1-17-13-7-5-10(6-8-14(18)19)9-12(13)16-15(17)11-3-2-4-11/h5-9,11H,2-4H2,1H3,(H,18,19)/b8-6+. The number of nitrogens with zero attached hydrogens (tertiary/aromatic N) is 2. The lowest BCUT2D eigenvalue weighted by atomic mass is 9.85. The Bertz CT molecular complexity index is 666. The molecule has 1 aromatic heterocycles. The molecule has 0 bridgehead atoms. The molecule has 0 aliphatic heterocycles. The van der Waals surface area contributed by atoms with Crippen molar-refractivity contribution in [2.45, 2.75) is 25.2 Å². The lowest BCUT2D eigenvalue weighted by Gasteiger charge is -2.24. The number of rotatable bonds is 3. The van der Waals surface area contributed by atoms with Crippen molar-refractivity contribution in [3.63, 3.8) is 0 Å². The van der Waals surface area contributed by atoms with Crippen LogP contribution in [-0.4, -0.2) is 20.6 Å². The van der Waals surface area contributed by atoms with Gasteiger partial charge in [-0.25, -0.2) is 9.78 Å². The van der Waals surface area contributed by atoms with Gasteiger partial charge in [-0.2, -0.15) is 0 Å². The first kappa shape index (κ1) is 12.0. The second-order valence-electron chi connectivity index (χ2n) is 5.08. The summed E-state index contributed by atoms with van der Waals surface area (Å²) >= 11 is 0. The average molecular weight is 256 g/mol. The fraction of sp³-hybridized carbons (Fsp3) is 0.333. The van der Waals surface area contributed by atoms with Crippen LogP contribution in [0.25, 0.3) is 17.1 Å². The van der Waals surface area contributed by atoms with E-state index < -0.39 is 5.97 Å². The molecule has 1 aromatic carbocycles.